The Kier molecular flexibility index (Phi) is 10.6. The summed E-state index contributed by atoms with van der Waals surface area (Å²) >= 11 is 0. The number of benzene rings is 3. The molecule has 3 aromatic carbocycles. The van der Waals surface area contributed by atoms with Crippen molar-refractivity contribution in [3.63, 3.8) is 0 Å². The lowest BCUT2D eigenvalue weighted by molar-refractivity contribution is -0.00649. The molecular weight excluding hydrogens is 604 g/mol. The number of esters is 2. The molecule has 3 unspecified atom stereocenters. The van der Waals surface area contributed by atoms with Gasteiger partial charge in [-0.3, -0.25) is 0 Å². The average molecular weight is 639 g/mol. The van der Waals surface area contributed by atoms with E-state index < -0.39 is 11.9 Å². The topological polar surface area (TPSA) is 146 Å². The number of carbonyl (C=O) groups excluding carboxylic acids is 2. The summed E-state index contributed by atoms with van der Waals surface area (Å²) in [6.07, 6.45) is 0.353. The van der Waals surface area contributed by atoms with Gasteiger partial charge in [-0.05, 0) is 73.2 Å². The highest BCUT2D eigenvalue weighted by Crippen LogP contribution is 2.31. The Morgan fingerprint density at radius 2 is 1.09 bits per heavy atom. The zero-order valence-corrected chi connectivity index (χ0v) is 25.2. The standard InChI is InChI=1S/C33H34O13/c1-21-10-25(45-32(34)22-2-5-24(6-3-22)42-18-36-12-26-15-39-26)7-9-29(21)46-33(35)23-4-8-30(43-19-37-13-27-16-40-27)31(11-23)44-20-38-14-28-17-41-28/h2-11,26-28H,12-20H2,1H3. The molecule has 6 rings (SSSR count). The Balaban J connectivity index is 1.01. The maximum Gasteiger partial charge on any atom is 0.343 e. The summed E-state index contributed by atoms with van der Waals surface area (Å²) < 4.78 is 59.7. The molecule has 0 radical (unpaired) electrons. The Bertz CT molecular complexity index is 1480. The van der Waals surface area contributed by atoms with Crippen LogP contribution >= 0.6 is 0 Å². The first-order valence-electron chi connectivity index (χ1n) is 14.8. The van der Waals surface area contributed by atoms with Gasteiger partial charge in [-0.25, -0.2) is 9.59 Å². The number of epoxide rings is 3. The summed E-state index contributed by atoms with van der Waals surface area (Å²) in [6, 6.07) is 15.9. The van der Waals surface area contributed by atoms with Crippen molar-refractivity contribution in [3.05, 3.63) is 77.4 Å². The zero-order chi connectivity index (χ0) is 31.7. The van der Waals surface area contributed by atoms with Gasteiger partial charge in [-0.15, -0.1) is 0 Å². The van der Waals surface area contributed by atoms with Gasteiger partial charge in [0.25, 0.3) is 0 Å². The minimum atomic E-state index is -0.618. The molecule has 0 saturated carbocycles. The van der Waals surface area contributed by atoms with E-state index in [1.165, 1.54) is 6.07 Å². The van der Waals surface area contributed by atoms with Gasteiger partial charge in [0.1, 0.15) is 35.6 Å². The second kappa shape index (κ2) is 15.4. The lowest BCUT2D eigenvalue weighted by Crippen LogP contribution is -2.13. The molecule has 0 aliphatic carbocycles. The van der Waals surface area contributed by atoms with E-state index in [0.717, 1.165) is 0 Å². The van der Waals surface area contributed by atoms with Crippen LogP contribution in [-0.4, -0.2) is 90.3 Å². The minimum Gasteiger partial charge on any atom is -0.468 e. The highest BCUT2D eigenvalue weighted by molar-refractivity contribution is 5.92. The van der Waals surface area contributed by atoms with Crippen molar-refractivity contribution in [2.24, 2.45) is 0 Å². The zero-order valence-electron chi connectivity index (χ0n) is 25.2. The van der Waals surface area contributed by atoms with Crippen LogP contribution in [0.3, 0.4) is 0 Å². The molecule has 3 aliphatic rings. The van der Waals surface area contributed by atoms with E-state index in [2.05, 4.69) is 0 Å². The Hall–Kier alpha value is -4.24. The fraction of sp³-hybridized carbons (Fsp3) is 0.394. The van der Waals surface area contributed by atoms with Gasteiger partial charge in [0.2, 0.25) is 0 Å². The van der Waals surface area contributed by atoms with Gasteiger partial charge in [-0.1, -0.05) is 0 Å². The van der Waals surface area contributed by atoms with Crippen LogP contribution in [0.2, 0.25) is 0 Å². The lowest BCUT2D eigenvalue weighted by atomic mass is 10.2. The molecule has 13 nitrogen and oxygen atoms in total. The summed E-state index contributed by atoms with van der Waals surface area (Å²) in [5, 5.41) is 0. The molecule has 3 heterocycles. The molecule has 46 heavy (non-hydrogen) atoms. The fourth-order valence-electron chi connectivity index (χ4n) is 4.03. The van der Waals surface area contributed by atoms with E-state index in [1.54, 1.807) is 61.5 Å². The average Bonchev–Trinajstić information content (AvgIpc) is 3.90. The lowest BCUT2D eigenvalue weighted by Gasteiger charge is -2.14. The SMILES string of the molecule is Cc1cc(OC(=O)c2ccc(OCOCC3CO3)cc2)ccc1OC(=O)c1ccc(OCOCC2CO2)c(OCOCC2CO2)c1. The fourth-order valence-corrected chi connectivity index (χ4v) is 4.03. The number of carbonyl (C=O) groups is 2. The van der Waals surface area contributed by atoms with E-state index in [1.807, 2.05) is 0 Å². The van der Waals surface area contributed by atoms with E-state index >= 15 is 0 Å². The molecule has 0 N–H and O–H groups in total. The summed E-state index contributed by atoms with van der Waals surface area (Å²) in [6.45, 7) is 5.13. The predicted octanol–water partition coefficient (Wildman–Crippen LogP) is 3.69. The quantitative estimate of drug-likeness (QED) is 0.0619. The molecule has 0 aromatic heterocycles. The molecule has 13 heteroatoms. The first-order valence-corrected chi connectivity index (χ1v) is 14.8. The van der Waals surface area contributed by atoms with Gasteiger partial charge in [0.05, 0.1) is 50.8 Å². The summed E-state index contributed by atoms with van der Waals surface area (Å²) in [5.41, 5.74) is 1.15. The molecule has 0 bridgehead atoms. The van der Waals surface area contributed by atoms with E-state index in [-0.39, 0.29) is 50.0 Å². The number of rotatable bonds is 19. The molecular formula is C33H34O13. The first kappa shape index (κ1) is 31.7. The normalized spacial score (nSPS) is 19.2. The van der Waals surface area contributed by atoms with Crippen LogP contribution in [0.1, 0.15) is 26.3 Å². The third kappa shape index (κ3) is 9.88. The Labute approximate surface area is 265 Å². The third-order valence-corrected chi connectivity index (χ3v) is 6.85. The highest BCUT2D eigenvalue weighted by Gasteiger charge is 2.24. The van der Waals surface area contributed by atoms with E-state index in [4.69, 9.17) is 52.1 Å². The van der Waals surface area contributed by atoms with Crippen molar-refractivity contribution < 1.29 is 61.7 Å². The van der Waals surface area contributed by atoms with Crippen molar-refractivity contribution in [3.8, 4) is 28.7 Å². The van der Waals surface area contributed by atoms with Gasteiger partial charge in [-0.2, -0.15) is 0 Å². The van der Waals surface area contributed by atoms with Crippen molar-refractivity contribution in [1.29, 1.82) is 0 Å². The van der Waals surface area contributed by atoms with Crippen LogP contribution in [-0.2, 0) is 28.4 Å². The summed E-state index contributed by atoms with van der Waals surface area (Å²) in [5.74, 6) is 0.641. The Morgan fingerprint density at radius 3 is 1.67 bits per heavy atom. The minimum absolute atomic E-state index is 0.0150. The highest BCUT2D eigenvalue weighted by atomic mass is 16.7. The van der Waals surface area contributed by atoms with Crippen LogP contribution in [0.5, 0.6) is 28.7 Å². The molecule has 0 spiro atoms. The van der Waals surface area contributed by atoms with Crippen molar-refractivity contribution in [2.75, 3.05) is 60.0 Å². The van der Waals surface area contributed by atoms with Crippen LogP contribution in [0.25, 0.3) is 0 Å². The van der Waals surface area contributed by atoms with E-state index in [0.29, 0.717) is 73.8 Å². The number of hydrogen-bond acceptors (Lipinski definition) is 13. The Morgan fingerprint density at radius 1 is 0.587 bits per heavy atom. The van der Waals surface area contributed by atoms with Crippen LogP contribution < -0.4 is 23.7 Å². The first-order chi connectivity index (χ1) is 22.5. The maximum atomic E-state index is 13.1. The van der Waals surface area contributed by atoms with Gasteiger partial charge < -0.3 is 52.1 Å². The maximum absolute atomic E-state index is 13.1. The molecule has 3 aliphatic heterocycles. The van der Waals surface area contributed by atoms with E-state index in [9.17, 15) is 9.59 Å². The number of hydrogen-bond donors (Lipinski definition) is 0. The second-order valence-electron chi connectivity index (χ2n) is 10.7. The monoisotopic (exact) mass is 638 g/mol. The number of ether oxygens (including phenoxy) is 11. The smallest absolute Gasteiger partial charge is 0.343 e. The molecule has 3 saturated heterocycles. The molecule has 244 valence electrons. The summed E-state index contributed by atoms with van der Waals surface area (Å²) in [4.78, 5) is 25.8. The van der Waals surface area contributed by atoms with Crippen LogP contribution in [0.15, 0.2) is 60.7 Å². The molecule has 0 amide bonds. The van der Waals surface area contributed by atoms with Crippen LogP contribution in [0.4, 0.5) is 0 Å². The summed E-state index contributed by atoms with van der Waals surface area (Å²) in [7, 11) is 0. The van der Waals surface area contributed by atoms with Gasteiger partial charge >= 0.3 is 11.9 Å². The molecule has 3 atom stereocenters. The third-order valence-electron chi connectivity index (χ3n) is 6.85. The van der Waals surface area contributed by atoms with Gasteiger partial charge in [0, 0.05) is 0 Å². The van der Waals surface area contributed by atoms with Crippen molar-refractivity contribution >= 4 is 11.9 Å². The van der Waals surface area contributed by atoms with Crippen molar-refractivity contribution in [1.82, 2.24) is 0 Å². The molecule has 3 aromatic rings. The second-order valence-corrected chi connectivity index (χ2v) is 10.7. The predicted molar refractivity (Wildman–Crippen MR) is 158 cm³/mol. The van der Waals surface area contributed by atoms with Gasteiger partial charge in [0.15, 0.2) is 31.9 Å². The molecule has 3 fully saturated rings. The van der Waals surface area contributed by atoms with Crippen LogP contribution in [0, 0.1) is 6.92 Å². The largest absolute Gasteiger partial charge is 0.468 e. The van der Waals surface area contributed by atoms with Crippen molar-refractivity contribution in [2.45, 2.75) is 25.2 Å². The number of aryl methyl sites for hydroxylation is 1.